The third-order valence-corrected chi connectivity index (χ3v) is 3.54. The van der Waals surface area contributed by atoms with Crippen LogP contribution in [0, 0.1) is 6.92 Å². The van der Waals surface area contributed by atoms with E-state index in [1.165, 1.54) is 5.56 Å². The molecule has 21 heavy (non-hydrogen) atoms. The molecule has 0 amide bonds. The van der Waals surface area contributed by atoms with Crippen LogP contribution in [0.4, 0.5) is 5.69 Å². The van der Waals surface area contributed by atoms with Crippen LogP contribution >= 0.6 is 0 Å². The summed E-state index contributed by atoms with van der Waals surface area (Å²) in [5.74, 6) is 0. The van der Waals surface area contributed by atoms with Crippen LogP contribution in [0.3, 0.4) is 0 Å². The van der Waals surface area contributed by atoms with Gasteiger partial charge in [-0.3, -0.25) is 4.79 Å². The highest BCUT2D eigenvalue weighted by Gasteiger charge is 2.05. The van der Waals surface area contributed by atoms with Gasteiger partial charge in [0.05, 0.1) is 5.69 Å². The van der Waals surface area contributed by atoms with Crippen molar-refractivity contribution in [3.05, 3.63) is 64.3 Å². The van der Waals surface area contributed by atoms with E-state index in [1.54, 1.807) is 15.3 Å². The maximum absolute atomic E-state index is 12.3. The van der Waals surface area contributed by atoms with Gasteiger partial charge in [-0.05, 0) is 43.5 Å². The average molecular weight is 282 g/mol. The van der Waals surface area contributed by atoms with E-state index in [9.17, 15) is 4.79 Å². The van der Waals surface area contributed by atoms with Crippen molar-refractivity contribution in [1.82, 2.24) is 14.2 Å². The Bertz CT molecular complexity index is 832. The van der Waals surface area contributed by atoms with Crippen molar-refractivity contribution in [2.75, 3.05) is 5.73 Å². The van der Waals surface area contributed by atoms with Crippen LogP contribution in [0.15, 0.2) is 47.5 Å². The van der Waals surface area contributed by atoms with Crippen molar-refractivity contribution in [1.29, 1.82) is 0 Å². The zero-order chi connectivity index (χ0) is 14.8. The molecule has 0 saturated carbocycles. The smallest absolute Gasteiger partial charge is 0.276 e. The molecule has 0 atom stereocenters. The molecule has 2 heterocycles. The van der Waals surface area contributed by atoms with Crippen LogP contribution in [0.2, 0.25) is 0 Å². The van der Waals surface area contributed by atoms with Gasteiger partial charge in [-0.25, -0.2) is 4.52 Å². The summed E-state index contributed by atoms with van der Waals surface area (Å²) in [6, 6.07) is 9.69. The predicted octanol–water partition coefficient (Wildman–Crippen LogP) is 2.02. The number of hydrogen-bond donors (Lipinski definition) is 1. The molecule has 0 aliphatic rings. The summed E-state index contributed by atoms with van der Waals surface area (Å²) >= 11 is 0. The standard InChI is InChI=1S/C16H18N4O/c1-12-10-15-16(21)19(8-9-20(15)18-12)7-3-5-13-4-2-6-14(17)11-13/h2,4,6,8-11H,3,5,7,17H2,1H3. The molecule has 2 N–H and O–H groups in total. The number of fused-ring (bicyclic) bond motifs is 1. The number of hydrogen-bond acceptors (Lipinski definition) is 3. The van der Waals surface area contributed by atoms with Gasteiger partial charge in [-0.15, -0.1) is 0 Å². The summed E-state index contributed by atoms with van der Waals surface area (Å²) < 4.78 is 3.37. The Hall–Kier alpha value is -2.56. The number of rotatable bonds is 4. The maximum atomic E-state index is 12.3. The molecule has 5 heteroatoms. The van der Waals surface area contributed by atoms with Crippen molar-refractivity contribution in [2.24, 2.45) is 0 Å². The van der Waals surface area contributed by atoms with Crippen molar-refractivity contribution in [2.45, 2.75) is 26.3 Å². The van der Waals surface area contributed by atoms with Gasteiger partial charge in [-0.2, -0.15) is 5.10 Å². The quantitative estimate of drug-likeness (QED) is 0.744. The minimum atomic E-state index is 0.00526. The summed E-state index contributed by atoms with van der Waals surface area (Å²) in [5, 5.41) is 4.24. The topological polar surface area (TPSA) is 65.3 Å². The van der Waals surface area contributed by atoms with E-state index < -0.39 is 0 Å². The van der Waals surface area contributed by atoms with Crippen LogP contribution in [-0.2, 0) is 13.0 Å². The Morgan fingerprint density at radius 3 is 2.90 bits per heavy atom. The minimum Gasteiger partial charge on any atom is -0.399 e. The molecule has 0 aliphatic carbocycles. The molecule has 0 saturated heterocycles. The molecule has 0 unspecified atom stereocenters. The Balaban J connectivity index is 1.73. The Labute approximate surface area is 122 Å². The van der Waals surface area contributed by atoms with Crippen molar-refractivity contribution >= 4 is 11.2 Å². The summed E-state index contributed by atoms with van der Waals surface area (Å²) in [5.41, 5.74) is 9.22. The molecule has 0 spiro atoms. The van der Waals surface area contributed by atoms with Crippen LogP contribution in [0.5, 0.6) is 0 Å². The molecular formula is C16H18N4O. The minimum absolute atomic E-state index is 0.00526. The van der Waals surface area contributed by atoms with Crippen LogP contribution in [0.1, 0.15) is 17.7 Å². The third-order valence-electron chi connectivity index (χ3n) is 3.54. The van der Waals surface area contributed by atoms with E-state index in [4.69, 9.17) is 5.73 Å². The van der Waals surface area contributed by atoms with E-state index >= 15 is 0 Å². The summed E-state index contributed by atoms with van der Waals surface area (Å²) in [7, 11) is 0. The van der Waals surface area contributed by atoms with E-state index in [0.29, 0.717) is 12.1 Å². The lowest BCUT2D eigenvalue weighted by Gasteiger charge is -2.06. The zero-order valence-corrected chi connectivity index (χ0v) is 12.0. The number of nitrogens with zero attached hydrogens (tertiary/aromatic N) is 3. The SMILES string of the molecule is Cc1cc2c(=O)n(CCCc3cccc(N)c3)ccn2n1. The van der Waals surface area contributed by atoms with Gasteiger partial charge in [-0.1, -0.05) is 12.1 Å². The average Bonchev–Trinajstić information content (AvgIpc) is 2.83. The van der Waals surface area contributed by atoms with Gasteiger partial charge in [0.25, 0.3) is 5.56 Å². The fourth-order valence-electron chi connectivity index (χ4n) is 2.53. The molecule has 1 aromatic carbocycles. The zero-order valence-electron chi connectivity index (χ0n) is 12.0. The molecule has 5 nitrogen and oxygen atoms in total. The monoisotopic (exact) mass is 282 g/mol. The number of nitrogen functional groups attached to an aromatic ring is 1. The Kier molecular flexibility index (Phi) is 3.48. The second-order valence-electron chi connectivity index (χ2n) is 5.26. The second-order valence-corrected chi connectivity index (χ2v) is 5.26. The van der Waals surface area contributed by atoms with Crippen LogP contribution in [0.25, 0.3) is 5.52 Å². The summed E-state index contributed by atoms with van der Waals surface area (Å²) in [6.07, 6.45) is 5.42. The Morgan fingerprint density at radius 1 is 1.24 bits per heavy atom. The molecule has 3 rings (SSSR count). The lowest BCUT2D eigenvalue weighted by atomic mass is 10.1. The lowest BCUT2D eigenvalue weighted by Crippen LogP contribution is -2.21. The first-order chi connectivity index (χ1) is 10.1. The number of anilines is 1. The second kappa shape index (κ2) is 5.44. The van der Waals surface area contributed by atoms with Gasteiger partial charge in [0.1, 0.15) is 5.52 Å². The Morgan fingerprint density at radius 2 is 2.10 bits per heavy atom. The van der Waals surface area contributed by atoms with Crippen molar-refractivity contribution in [3.63, 3.8) is 0 Å². The van der Waals surface area contributed by atoms with Crippen LogP contribution in [-0.4, -0.2) is 14.2 Å². The van der Waals surface area contributed by atoms with Crippen molar-refractivity contribution < 1.29 is 0 Å². The van der Waals surface area contributed by atoms with E-state index in [0.717, 1.165) is 24.2 Å². The highest BCUT2D eigenvalue weighted by molar-refractivity contribution is 5.44. The van der Waals surface area contributed by atoms with Gasteiger partial charge in [0.2, 0.25) is 0 Å². The number of aromatic nitrogens is 3. The number of nitrogens with two attached hydrogens (primary N) is 1. The first kappa shape index (κ1) is 13.4. The molecule has 0 bridgehead atoms. The summed E-state index contributed by atoms with van der Waals surface area (Å²) in [4.78, 5) is 12.3. The van der Waals surface area contributed by atoms with Gasteiger partial charge >= 0.3 is 0 Å². The maximum Gasteiger partial charge on any atom is 0.276 e. The van der Waals surface area contributed by atoms with E-state index in [2.05, 4.69) is 11.2 Å². The lowest BCUT2D eigenvalue weighted by molar-refractivity contribution is 0.618. The molecular weight excluding hydrogens is 264 g/mol. The van der Waals surface area contributed by atoms with E-state index in [-0.39, 0.29) is 5.56 Å². The van der Waals surface area contributed by atoms with Gasteiger partial charge < -0.3 is 10.3 Å². The largest absolute Gasteiger partial charge is 0.399 e. The third kappa shape index (κ3) is 2.81. The first-order valence-electron chi connectivity index (χ1n) is 7.03. The first-order valence-corrected chi connectivity index (χ1v) is 7.03. The normalized spacial score (nSPS) is 11.1. The number of aryl methyl sites for hydroxylation is 3. The van der Waals surface area contributed by atoms with Gasteiger partial charge in [0.15, 0.2) is 0 Å². The fourth-order valence-corrected chi connectivity index (χ4v) is 2.53. The molecule has 108 valence electrons. The van der Waals surface area contributed by atoms with Crippen LogP contribution < -0.4 is 11.3 Å². The molecule has 3 aromatic rings. The summed E-state index contributed by atoms with van der Waals surface area (Å²) in [6.45, 7) is 2.57. The number of benzene rings is 1. The highest BCUT2D eigenvalue weighted by Crippen LogP contribution is 2.09. The fraction of sp³-hybridized carbons (Fsp3) is 0.250. The molecule has 0 aliphatic heterocycles. The van der Waals surface area contributed by atoms with E-state index in [1.807, 2.05) is 37.4 Å². The molecule has 0 fully saturated rings. The van der Waals surface area contributed by atoms with Gasteiger partial charge in [0, 0.05) is 24.6 Å². The molecule has 0 radical (unpaired) electrons. The highest BCUT2D eigenvalue weighted by atomic mass is 16.1. The van der Waals surface area contributed by atoms with Crippen molar-refractivity contribution in [3.8, 4) is 0 Å². The predicted molar refractivity (Wildman–Crippen MR) is 83.4 cm³/mol. The molecule has 2 aromatic heterocycles.